The van der Waals surface area contributed by atoms with Crippen molar-refractivity contribution in [2.45, 2.75) is 37.3 Å². The van der Waals surface area contributed by atoms with Gasteiger partial charge in [-0.05, 0) is 23.1 Å². The highest BCUT2D eigenvalue weighted by Gasteiger charge is 2.39. The van der Waals surface area contributed by atoms with E-state index in [-0.39, 0.29) is 23.2 Å². The minimum atomic E-state index is -0.298. The van der Waals surface area contributed by atoms with Crippen LogP contribution in [0.15, 0.2) is 18.2 Å². The van der Waals surface area contributed by atoms with Crippen molar-refractivity contribution in [3.63, 3.8) is 0 Å². The Morgan fingerprint density at radius 1 is 1.40 bits per heavy atom. The molecule has 1 saturated heterocycles. The number of nitrogens with two attached hydrogens (primary N) is 1. The Balaban J connectivity index is 1.88. The van der Waals surface area contributed by atoms with Gasteiger partial charge in [-0.15, -0.1) is 0 Å². The molecule has 0 spiro atoms. The number of imide groups is 1. The molecule has 2 atom stereocenters. The van der Waals surface area contributed by atoms with Crippen LogP contribution >= 0.6 is 12.6 Å². The second kappa shape index (κ2) is 5.20. The van der Waals surface area contributed by atoms with Crippen molar-refractivity contribution >= 4 is 24.4 Å². The fourth-order valence-electron chi connectivity index (χ4n) is 3.01. The molecule has 1 aromatic rings. The van der Waals surface area contributed by atoms with Crippen LogP contribution in [-0.4, -0.2) is 22.8 Å². The molecule has 0 aromatic heterocycles. The molecule has 0 bridgehead atoms. The van der Waals surface area contributed by atoms with Gasteiger partial charge in [-0.25, -0.2) is 0 Å². The molecule has 0 radical (unpaired) electrons. The van der Waals surface area contributed by atoms with Crippen molar-refractivity contribution in [3.8, 4) is 0 Å². The number of amides is 2. The summed E-state index contributed by atoms with van der Waals surface area (Å²) in [6.45, 7) is 1.13. The molecular formula is C14H17N3O2S. The van der Waals surface area contributed by atoms with E-state index in [4.69, 9.17) is 5.73 Å². The van der Waals surface area contributed by atoms with E-state index in [0.717, 1.165) is 11.1 Å². The van der Waals surface area contributed by atoms with Crippen LogP contribution in [0.5, 0.6) is 0 Å². The highest BCUT2D eigenvalue weighted by Crippen LogP contribution is 2.40. The van der Waals surface area contributed by atoms with E-state index in [1.165, 1.54) is 5.56 Å². The Morgan fingerprint density at radius 3 is 2.90 bits per heavy atom. The summed E-state index contributed by atoms with van der Waals surface area (Å²) in [6.07, 6.45) is 0.932. The van der Waals surface area contributed by atoms with Crippen LogP contribution in [0.2, 0.25) is 0 Å². The molecule has 3 N–H and O–H groups in total. The second-order valence-corrected chi connectivity index (χ2v) is 5.69. The SMILES string of the molecule is NCc1cccc2c1CN(C1CCC(=O)NC1=O)C2S. The summed E-state index contributed by atoms with van der Waals surface area (Å²) in [5, 5.41) is 2.28. The number of hydrogen-bond donors (Lipinski definition) is 3. The zero-order chi connectivity index (χ0) is 14.3. The zero-order valence-electron chi connectivity index (χ0n) is 11.0. The first-order chi connectivity index (χ1) is 9.61. The lowest BCUT2D eigenvalue weighted by molar-refractivity contribution is -0.137. The zero-order valence-corrected chi connectivity index (χ0v) is 11.9. The number of nitrogens with one attached hydrogen (secondary N) is 1. The van der Waals surface area contributed by atoms with E-state index < -0.39 is 0 Å². The smallest absolute Gasteiger partial charge is 0.243 e. The largest absolute Gasteiger partial charge is 0.326 e. The molecule has 0 saturated carbocycles. The van der Waals surface area contributed by atoms with Gasteiger partial charge >= 0.3 is 0 Å². The van der Waals surface area contributed by atoms with Gasteiger partial charge in [0.25, 0.3) is 0 Å². The Labute approximate surface area is 122 Å². The molecule has 2 aliphatic rings. The fourth-order valence-corrected chi connectivity index (χ4v) is 3.49. The van der Waals surface area contributed by atoms with Crippen molar-refractivity contribution in [1.82, 2.24) is 10.2 Å². The van der Waals surface area contributed by atoms with Crippen LogP contribution in [0.4, 0.5) is 0 Å². The number of rotatable bonds is 2. The van der Waals surface area contributed by atoms with E-state index in [0.29, 0.717) is 25.9 Å². The summed E-state index contributed by atoms with van der Waals surface area (Å²) in [5.41, 5.74) is 9.14. The highest BCUT2D eigenvalue weighted by atomic mass is 32.1. The van der Waals surface area contributed by atoms with Crippen LogP contribution in [-0.2, 0) is 22.7 Å². The molecule has 0 aliphatic carbocycles. The van der Waals surface area contributed by atoms with E-state index in [2.05, 4.69) is 17.9 Å². The molecule has 5 nitrogen and oxygen atoms in total. The minimum absolute atomic E-state index is 0.125. The third-order valence-electron chi connectivity index (χ3n) is 4.07. The number of nitrogens with zero attached hydrogens (tertiary/aromatic N) is 1. The maximum atomic E-state index is 12.0. The number of hydrogen-bond acceptors (Lipinski definition) is 5. The number of piperidine rings is 1. The third-order valence-corrected chi connectivity index (χ3v) is 4.65. The van der Waals surface area contributed by atoms with Gasteiger partial charge in [-0.2, -0.15) is 12.6 Å². The summed E-state index contributed by atoms with van der Waals surface area (Å²) in [5.74, 6) is -0.413. The van der Waals surface area contributed by atoms with Crippen LogP contribution in [0, 0.1) is 0 Å². The fraction of sp³-hybridized carbons (Fsp3) is 0.429. The van der Waals surface area contributed by atoms with Gasteiger partial charge in [-0.3, -0.25) is 19.8 Å². The van der Waals surface area contributed by atoms with Crippen LogP contribution in [0.3, 0.4) is 0 Å². The lowest BCUT2D eigenvalue weighted by atomic mass is 10.0. The molecule has 1 aromatic carbocycles. The predicted octanol–water partition coefficient (Wildman–Crippen LogP) is 0.694. The molecule has 2 unspecified atom stereocenters. The summed E-state index contributed by atoms with van der Waals surface area (Å²) in [4.78, 5) is 25.3. The standard InChI is InChI=1S/C14H17N3O2S/c15-6-8-2-1-3-9-10(8)7-17(14(9)20)11-4-5-12(18)16-13(11)19/h1-3,11,14,20H,4-7,15H2,(H,16,18,19). The lowest BCUT2D eigenvalue weighted by Crippen LogP contribution is -2.51. The maximum absolute atomic E-state index is 12.0. The van der Waals surface area contributed by atoms with E-state index in [1.54, 1.807) is 0 Å². The number of thiol groups is 1. The number of fused-ring (bicyclic) bond motifs is 1. The summed E-state index contributed by atoms with van der Waals surface area (Å²) >= 11 is 4.65. The Hall–Kier alpha value is -1.37. The van der Waals surface area contributed by atoms with E-state index in [1.807, 2.05) is 23.1 Å². The van der Waals surface area contributed by atoms with Crippen molar-refractivity contribution in [2.24, 2.45) is 5.73 Å². The third kappa shape index (κ3) is 2.13. The summed E-state index contributed by atoms with van der Waals surface area (Å²) < 4.78 is 0. The van der Waals surface area contributed by atoms with E-state index >= 15 is 0 Å². The topological polar surface area (TPSA) is 75.4 Å². The van der Waals surface area contributed by atoms with Crippen molar-refractivity contribution in [1.29, 1.82) is 0 Å². The predicted molar refractivity (Wildman–Crippen MR) is 77.8 cm³/mol. The van der Waals surface area contributed by atoms with Crippen molar-refractivity contribution in [3.05, 3.63) is 34.9 Å². The monoisotopic (exact) mass is 291 g/mol. The normalized spacial score (nSPS) is 26.5. The first kappa shape index (κ1) is 13.6. The average molecular weight is 291 g/mol. The molecule has 2 aliphatic heterocycles. The van der Waals surface area contributed by atoms with Gasteiger partial charge in [0.1, 0.15) is 0 Å². The molecule has 3 rings (SSSR count). The Morgan fingerprint density at radius 2 is 2.20 bits per heavy atom. The summed E-state index contributed by atoms with van der Waals surface area (Å²) in [6, 6.07) is 5.71. The molecule has 2 amide bonds. The first-order valence-electron chi connectivity index (χ1n) is 6.70. The van der Waals surface area contributed by atoms with Gasteiger partial charge in [0.2, 0.25) is 11.8 Å². The lowest BCUT2D eigenvalue weighted by Gasteiger charge is -2.32. The maximum Gasteiger partial charge on any atom is 0.243 e. The van der Waals surface area contributed by atoms with Crippen LogP contribution < -0.4 is 11.1 Å². The van der Waals surface area contributed by atoms with E-state index in [9.17, 15) is 9.59 Å². The van der Waals surface area contributed by atoms with Crippen LogP contribution in [0.1, 0.15) is 34.9 Å². The Bertz CT molecular complexity index is 576. The molecule has 1 fully saturated rings. The van der Waals surface area contributed by atoms with Gasteiger partial charge in [-0.1, -0.05) is 18.2 Å². The first-order valence-corrected chi connectivity index (χ1v) is 7.21. The molecular weight excluding hydrogens is 274 g/mol. The van der Waals surface area contributed by atoms with Crippen molar-refractivity contribution < 1.29 is 9.59 Å². The minimum Gasteiger partial charge on any atom is -0.326 e. The quantitative estimate of drug-likeness (QED) is 0.554. The number of carbonyl (C=O) groups is 2. The van der Waals surface area contributed by atoms with Gasteiger partial charge in [0.05, 0.1) is 11.4 Å². The highest BCUT2D eigenvalue weighted by molar-refractivity contribution is 7.80. The second-order valence-electron chi connectivity index (χ2n) is 5.20. The molecule has 6 heteroatoms. The number of benzene rings is 1. The average Bonchev–Trinajstić information content (AvgIpc) is 2.76. The van der Waals surface area contributed by atoms with Crippen LogP contribution in [0.25, 0.3) is 0 Å². The summed E-state index contributed by atoms with van der Waals surface area (Å²) in [7, 11) is 0. The van der Waals surface area contributed by atoms with Crippen molar-refractivity contribution in [2.75, 3.05) is 0 Å². The Kier molecular flexibility index (Phi) is 3.54. The van der Waals surface area contributed by atoms with Gasteiger partial charge in [0.15, 0.2) is 0 Å². The molecule has 2 heterocycles. The number of carbonyl (C=O) groups excluding carboxylic acids is 2. The van der Waals surface area contributed by atoms with Gasteiger partial charge in [0, 0.05) is 19.5 Å². The van der Waals surface area contributed by atoms with Gasteiger partial charge < -0.3 is 5.73 Å². The molecule has 106 valence electrons. The molecule has 20 heavy (non-hydrogen) atoms.